The Balaban J connectivity index is 1.98. The molecule has 0 amide bonds. The van der Waals surface area contributed by atoms with Crippen molar-refractivity contribution in [1.82, 2.24) is 0 Å². The molecule has 100 valence electrons. The van der Waals surface area contributed by atoms with E-state index in [9.17, 15) is 0 Å². The second-order valence-corrected chi connectivity index (χ2v) is 6.98. The number of hydrogen-bond acceptors (Lipinski definition) is 0. The van der Waals surface area contributed by atoms with Gasteiger partial charge in [0.05, 0.1) is 0 Å². The number of fused-ring (bicyclic) bond motifs is 4. The second kappa shape index (κ2) is 4.87. The Hall–Kier alpha value is -0.520. The summed E-state index contributed by atoms with van der Waals surface area (Å²) in [6.45, 7) is 4.97. The molecule has 2 atom stereocenters. The first-order valence-corrected chi connectivity index (χ1v) is 8.14. The molecular formula is C18H28. The fourth-order valence-corrected chi connectivity index (χ4v) is 4.68. The van der Waals surface area contributed by atoms with Gasteiger partial charge in [0.2, 0.25) is 0 Å². The van der Waals surface area contributed by atoms with Crippen LogP contribution in [0.25, 0.3) is 0 Å². The zero-order chi connectivity index (χ0) is 12.6. The van der Waals surface area contributed by atoms with Crippen molar-refractivity contribution in [1.29, 1.82) is 0 Å². The van der Waals surface area contributed by atoms with Crippen LogP contribution in [-0.4, -0.2) is 0 Å². The first-order valence-electron chi connectivity index (χ1n) is 8.14. The maximum absolute atomic E-state index is 2.61. The smallest absolute Gasteiger partial charge is 0.000690 e. The van der Waals surface area contributed by atoms with Gasteiger partial charge in [0.1, 0.15) is 0 Å². The zero-order valence-corrected chi connectivity index (χ0v) is 12.2. The normalized spacial score (nSPS) is 44.1. The van der Waals surface area contributed by atoms with Crippen molar-refractivity contribution < 1.29 is 0 Å². The first kappa shape index (κ1) is 12.5. The molecule has 0 spiro atoms. The van der Waals surface area contributed by atoms with E-state index in [0.29, 0.717) is 5.41 Å². The van der Waals surface area contributed by atoms with Crippen molar-refractivity contribution in [2.45, 2.75) is 78.1 Å². The van der Waals surface area contributed by atoms with Crippen LogP contribution in [-0.2, 0) is 0 Å². The summed E-state index contributed by atoms with van der Waals surface area (Å²) in [6.07, 6.45) is 16.9. The largest absolute Gasteiger partial charge is 0.0805 e. The standard InChI is InChI=1S/C18H28/c1-14-10-6-5-8-12-16-17(14)15-11-7-3-4-9-13-18(15,16)2/h11,16H,3-10,12-13H2,1-2H3/b15-11-,17-14-. The molecule has 0 aromatic heterocycles. The molecule has 0 bridgehead atoms. The number of allylic oxidation sites excluding steroid dienone is 4. The van der Waals surface area contributed by atoms with Gasteiger partial charge in [-0.2, -0.15) is 0 Å². The molecule has 1 fully saturated rings. The highest BCUT2D eigenvalue weighted by Crippen LogP contribution is 2.62. The lowest BCUT2D eigenvalue weighted by molar-refractivity contribution is 0.165. The lowest BCUT2D eigenvalue weighted by Crippen LogP contribution is -2.44. The molecule has 1 saturated carbocycles. The predicted octanol–water partition coefficient (Wildman–Crippen LogP) is 5.79. The Morgan fingerprint density at radius 2 is 1.89 bits per heavy atom. The average Bonchev–Trinajstić information content (AvgIpc) is 2.32. The molecule has 0 aliphatic heterocycles. The van der Waals surface area contributed by atoms with Crippen molar-refractivity contribution >= 4 is 0 Å². The van der Waals surface area contributed by atoms with Gasteiger partial charge in [0.15, 0.2) is 0 Å². The topological polar surface area (TPSA) is 0 Å². The Morgan fingerprint density at radius 3 is 2.78 bits per heavy atom. The van der Waals surface area contributed by atoms with Crippen molar-refractivity contribution in [3.05, 3.63) is 22.8 Å². The lowest BCUT2D eigenvalue weighted by Gasteiger charge is -2.55. The van der Waals surface area contributed by atoms with Crippen LogP contribution in [0.4, 0.5) is 0 Å². The maximum atomic E-state index is 2.61. The zero-order valence-electron chi connectivity index (χ0n) is 12.2. The van der Waals surface area contributed by atoms with Gasteiger partial charge in [-0.3, -0.25) is 0 Å². The van der Waals surface area contributed by atoms with Crippen LogP contribution in [0.3, 0.4) is 0 Å². The van der Waals surface area contributed by atoms with Gasteiger partial charge in [-0.1, -0.05) is 44.3 Å². The number of rotatable bonds is 0. The van der Waals surface area contributed by atoms with Crippen LogP contribution in [0.1, 0.15) is 78.1 Å². The molecule has 0 N–H and O–H groups in total. The summed E-state index contributed by atoms with van der Waals surface area (Å²) in [5.74, 6) is 0.905. The van der Waals surface area contributed by atoms with Crippen molar-refractivity contribution in [2.24, 2.45) is 11.3 Å². The summed E-state index contributed by atoms with van der Waals surface area (Å²) in [5, 5.41) is 0. The first-order chi connectivity index (χ1) is 8.73. The molecule has 0 radical (unpaired) electrons. The van der Waals surface area contributed by atoms with Gasteiger partial charge < -0.3 is 0 Å². The third-order valence-corrected chi connectivity index (χ3v) is 5.78. The van der Waals surface area contributed by atoms with E-state index in [1.807, 2.05) is 0 Å². The highest BCUT2D eigenvalue weighted by Gasteiger charge is 2.50. The molecule has 3 aliphatic carbocycles. The summed E-state index contributed by atoms with van der Waals surface area (Å²) in [5.41, 5.74) is 5.85. The van der Waals surface area contributed by atoms with Crippen molar-refractivity contribution in [3.63, 3.8) is 0 Å². The summed E-state index contributed by atoms with van der Waals surface area (Å²) >= 11 is 0. The molecule has 0 heterocycles. The highest BCUT2D eigenvalue weighted by molar-refractivity contribution is 5.52. The quantitative estimate of drug-likeness (QED) is 0.505. The van der Waals surface area contributed by atoms with Crippen molar-refractivity contribution in [2.75, 3.05) is 0 Å². The summed E-state index contributed by atoms with van der Waals surface area (Å²) in [4.78, 5) is 0. The van der Waals surface area contributed by atoms with Gasteiger partial charge in [-0.15, -0.1) is 0 Å². The fourth-order valence-electron chi connectivity index (χ4n) is 4.68. The van der Waals surface area contributed by atoms with Crippen molar-refractivity contribution in [3.8, 4) is 0 Å². The van der Waals surface area contributed by atoms with Crippen LogP contribution in [0.5, 0.6) is 0 Å². The molecule has 0 saturated heterocycles. The van der Waals surface area contributed by atoms with Gasteiger partial charge in [-0.05, 0) is 67.9 Å². The summed E-state index contributed by atoms with van der Waals surface area (Å²) in [6, 6.07) is 0. The molecule has 3 rings (SSSR count). The Morgan fingerprint density at radius 1 is 1.06 bits per heavy atom. The molecule has 2 unspecified atom stereocenters. The van der Waals surface area contributed by atoms with E-state index in [1.54, 1.807) is 16.7 Å². The minimum Gasteiger partial charge on any atom is -0.0805 e. The van der Waals surface area contributed by atoms with E-state index >= 15 is 0 Å². The SMILES string of the molecule is C/C1=C2\C3=C\CCCCCC3(C)C2CCCCC1. The van der Waals surface area contributed by atoms with Crippen LogP contribution >= 0.6 is 0 Å². The van der Waals surface area contributed by atoms with E-state index in [-0.39, 0.29) is 0 Å². The van der Waals surface area contributed by atoms with Crippen LogP contribution in [0, 0.1) is 11.3 Å². The Labute approximate surface area is 113 Å². The van der Waals surface area contributed by atoms with Crippen LogP contribution in [0.2, 0.25) is 0 Å². The summed E-state index contributed by atoms with van der Waals surface area (Å²) in [7, 11) is 0. The van der Waals surface area contributed by atoms with E-state index in [0.717, 1.165) is 5.92 Å². The molecule has 0 aromatic carbocycles. The summed E-state index contributed by atoms with van der Waals surface area (Å²) < 4.78 is 0. The molecule has 18 heavy (non-hydrogen) atoms. The molecule has 0 heteroatoms. The highest BCUT2D eigenvalue weighted by atomic mass is 14.5. The van der Waals surface area contributed by atoms with E-state index in [4.69, 9.17) is 0 Å². The van der Waals surface area contributed by atoms with Gasteiger partial charge in [0.25, 0.3) is 0 Å². The fraction of sp³-hybridized carbons (Fsp3) is 0.778. The van der Waals surface area contributed by atoms with E-state index in [1.165, 1.54) is 64.2 Å². The second-order valence-electron chi connectivity index (χ2n) is 6.98. The average molecular weight is 244 g/mol. The third-order valence-electron chi connectivity index (χ3n) is 5.78. The third kappa shape index (κ3) is 1.89. The van der Waals surface area contributed by atoms with Gasteiger partial charge >= 0.3 is 0 Å². The molecule has 3 aliphatic rings. The molecule has 0 aromatic rings. The number of hydrogen-bond donors (Lipinski definition) is 0. The van der Waals surface area contributed by atoms with E-state index in [2.05, 4.69) is 19.9 Å². The minimum atomic E-state index is 0.550. The monoisotopic (exact) mass is 244 g/mol. The van der Waals surface area contributed by atoms with E-state index < -0.39 is 0 Å². The maximum Gasteiger partial charge on any atom is -0.000690 e. The molecule has 0 nitrogen and oxygen atoms in total. The lowest BCUT2D eigenvalue weighted by atomic mass is 9.49. The predicted molar refractivity (Wildman–Crippen MR) is 78.6 cm³/mol. The van der Waals surface area contributed by atoms with Gasteiger partial charge in [-0.25, -0.2) is 0 Å². The Bertz CT molecular complexity index is 385. The minimum absolute atomic E-state index is 0.550. The van der Waals surface area contributed by atoms with Crippen LogP contribution in [0.15, 0.2) is 22.8 Å². The Kier molecular flexibility index (Phi) is 3.38. The van der Waals surface area contributed by atoms with Gasteiger partial charge in [0, 0.05) is 0 Å². The van der Waals surface area contributed by atoms with Crippen LogP contribution < -0.4 is 0 Å². The molecular weight excluding hydrogens is 216 g/mol.